The average Bonchev–Trinajstić information content (AvgIpc) is 2.69. The second kappa shape index (κ2) is 14.4. The van der Waals surface area contributed by atoms with Gasteiger partial charge in [0.2, 0.25) is 0 Å². The lowest BCUT2D eigenvalue weighted by atomic mass is 9.90. The van der Waals surface area contributed by atoms with E-state index < -0.39 is 0 Å². The van der Waals surface area contributed by atoms with Crippen molar-refractivity contribution in [3.8, 4) is 0 Å². The Morgan fingerprint density at radius 1 is 1.07 bits per heavy atom. The Labute approximate surface area is 102 Å². The first kappa shape index (κ1) is 20.8. The second-order valence-corrected chi connectivity index (χ2v) is 4.06. The smallest absolute Gasteiger partial charge is 0.0386 e. The van der Waals surface area contributed by atoms with Crippen molar-refractivity contribution in [3.05, 3.63) is 0 Å². The van der Waals surface area contributed by atoms with Crippen molar-refractivity contribution in [1.82, 2.24) is 0 Å². The summed E-state index contributed by atoms with van der Waals surface area (Å²) >= 11 is 0. The van der Waals surface area contributed by atoms with Gasteiger partial charge < -0.3 is 0 Å². The molecule has 4 atom stereocenters. The van der Waals surface area contributed by atoms with Crippen molar-refractivity contribution >= 4 is 9.90 Å². The minimum absolute atomic E-state index is 0. The van der Waals surface area contributed by atoms with Gasteiger partial charge in [0.05, 0.1) is 0 Å². The highest BCUT2D eigenvalue weighted by Gasteiger charge is 2.24. The predicted octanol–water partition coefficient (Wildman–Crippen LogP) is 5.58. The van der Waals surface area contributed by atoms with Crippen LogP contribution >= 0.6 is 9.90 Å². The van der Waals surface area contributed by atoms with Crippen molar-refractivity contribution in [3.63, 3.8) is 0 Å². The average molecular weight is 234 g/mol. The van der Waals surface area contributed by atoms with Gasteiger partial charge in [-0.05, 0) is 30.6 Å². The number of hydrogen-bond acceptors (Lipinski definition) is 0. The number of rotatable bonds is 2. The molecule has 0 nitrogen and oxygen atoms in total. The molecule has 0 aromatic heterocycles. The van der Waals surface area contributed by atoms with Gasteiger partial charge >= 0.3 is 0 Å². The Kier molecular flexibility index (Phi) is 20.0. The van der Waals surface area contributed by atoms with E-state index in [9.17, 15) is 0 Å². The molecule has 96 valence electrons. The van der Waals surface area contributed by atoms with Crippen LogP contribution in [-0.4, -0.2) is 0 Å². The molecule has 1 saturated carbocycles. The summed E-state index contributed by atoms with van der Waals surface area (Å²) in [5, 5.41) is 0. The van der Waals surface area contributed by atoms with Crippen LogP contribution in [0.3, 0.4) is 0 Å². The van der Waals surface area contributed by atoms with Crippen LogP contribution in [-0.2, 0) is 0 Å². The summed E-state index contributed by atoms with van der Waals surface area (Å²) in [5.74, 6) is 3.05. The lowest BCUT2D eigenvalue weighted by Crippen LogP contribution is -2.06. The molecule has 0 bridgehead atoms. The molecule has 1 fully saturated rings. The maximum atomic E-state index is 2.41. The third kappa shape index (κ3) is 9.36. The molecule has 1 rings (SSSR count). The van der Waals surface area contributed by atoms with Gasteiger partial charge in [-0.3, -0.25) is 0 Å². The predicted molar refractivity (Wildman–Crippen MR) is 79.8 cm³/mol. The Morgan fingerprint density at radius 3 is 1.80 bits per heavy atom. The molecule has 0 heterocycles. The molecule has 1 aliphatic rings. The van der Waals surface area contributed by atoms with E-state index in [1.165, 1.54) is 25.7 Å². The summed E-state index contributed by atoms with van der Waals surface area (Å²) in [6.45, 7) is 15.1. The third-order valence-corrected chi connectivity index (χ3v) is 3.18. The molecular formula is C14H35P. The fraction of sp³-hybridized carbons (Fsp3) is 1.00. The molecule has 0 spiro atoms. The molecule has 0 N–H and O–H groups in total. The lowest BCUT2D eigenvalue weighted by Gasteiger charge is -2.16. The van der Waals surface area contributed by atoms with E-state index >= 15 is 0 Å². The fourth-order valence-corrected chi connectivity index (χ4v) is 2.10. The van der Waals surface area contributed by atoms with Crippen LogP contribution < -0.4 is 0 Å². The van der Waals surface area contributed by atoms with Crippen molar-refractivity contribution in [2.45, 2.75) is 74.1 Å². The lowest BCUT2D eigenvalue weighted by molar-refractivity contribution is 0.348. The van der Waals surface area contributed by atoms with Gasteiger partial charge in [0.15, 0.2) is 0 Å². The van der Waals surface area contributed by atoms with Crippen LogP contribution in [0.5, 0.6) is 0 Å². The van der Waals surface area contributed by atoms with Gasteiger partial charge in [-0.25, -0.2) is 0 Å². The summed E-state index contributed by atoms with van der Waals surface area (Å²) in [5.41, 5.74) is 0. The second-order valence-electron chi connectivity index (χ2n) is 4.06. The first-order valence-electron chi connectivity index (χ1n) is 6.74. The summed E-state index contributed by atoms with van der Waals surface area (Å²) in [6.07, 6.45) is 5.84. The van der Waals surface area contributed by atoms with Gasteiger partial charge in [0.25, 0.3) is 0 Å². The Morgan fingerprint density at radius 2 is 1.53 bits per heavy atom. The van der Waals surface area contributed by atoms with E-state index in [4.69, 9.17) is 0 Å². The van der Waals surface area contributed by atoms with Gasteiger partial charge in [-0.15, -0.1) is 0 Å². The van der Waals surface area contributed by atoms with Crippen LogP contribution in [0.1, 0.15) is 74.1 Å². The normalized spacial score (nSPS) is 25.0. The third-order valence-electron chi connectivity index (χ3n) is 3.18. The summed E-state index contributed by atoms with van der Waals surface area (Å²) in [7, 11) is 0. The van der Waals surface area contributed by atoms with Crippen LogP contribution in [0.4, 0.5) is 0 Å². The number of hydrogen-bond donors (Lipinski definition) is 0. The fourth-order valence-electron chi connectivity index (χ4n) is 2.10. The highest BCUT2D eigenvalue weighted by Crippen LogP contribution is 2.36. The molecule has 0 aromatic rings. The maximum Gasteiger partial charge on any atom is -0.0386 e. The van der Waals surface area contributed by atoms with Crippen molar-refractivity contribution < 1.29 is 0 Å². The van der Waals surface area contributed by atoms with Crippen LogP contribution in [0, 0.1) is 17.8 Å². The zero-order valence-corrected chi connectivity index (χ0v) is 13.7. The monoisotopic (exact) mass is 234 g/mol. The van der Waals surface area contributed by atoms with E-state index in [2.05, 4.69) is 20.8 Å². The van der Waals surface area contributed by atoms with E-state index in [0.29, 0.717) is 0 Å². The van der Waals surface area contributed by atoms with Gasteiger partial charge in [0.1, 0.15) is 0 Å². The van der Waals surface area contributed by atoms with Crippen molar-refractivity contribution in [2.75, 3.05) is 0 Å². The molecule has 1 heteroatoms. The maximum absolute atomic E-state index is 2.41. The molecule has 0 radical (unpaired) electrons. The Bertz CT molecular complexity index is 102. The molecule has 0 saturated heterocycles. The summed E-state index contributed by atoms with van der Waals surface area (Å²) in [6, 6.07) is 0. The standard InChI is InChI=1S/C10H20.2C2H6.H3P/c1-4-9(3)10-6-5-8(2)7-10;2*1-2;/h8-10H,4-7H2,1-3H3;2*1-2H3;1H3. The minimum Gasteiger partial charge on any atom is -0.153 e. The van der Waals surface area contributed by atoms with E-state index in [1.54, 1.807) is 0 Å². The van der Waals surface area contributed by atoms with Crippen molar-refractivity contribution in [1.29, 1.82) is 0 Å². The zero-order valence-electron chi connectivity index (χ0n) is 12.3. The van der Waals surface area contributed by atoms with E-state index in [-0.39, 0.29) is 9.90 Å². The van der Waals surface area contributed by atoms with Crippen LogP contribution in [0.2, 0.25) is 0 Å². The summed E-state index contributed by atoms with van der Waals surface area (Å²) < 4.78 is 0. The van der Waals surface area contributed by atoms with Gasteiger partial charge in [-0.1, -0.05) is 61.3 Å². The van der Waals surface area contributed by atoms with Gasteiger partial charge in [-0.2, -0.15) is 9.90 Å². The molecular weight excluding hydrogens is 199 g/mol. The largest absolute Gasteiger partial charge is 0.153 e. The molecule has 1 aliphatic carbocycles. The minimum atomic E-state index is 0. The topological polar surface area (TPSA) is 0 Å². The Hall–Kier alpha value is 0.430. The quantitative estimate of drug-likeness (QED) is 0.547. The van der Waals surface area contributed by atoms with E-state index in [1.807, 2.05) is 27.7 Å². The van der Waals surface area contributed by atoms with Crippen LogP contribution in [0.15, 0.2) is 0 Å². The van der Waals surface area contributed by atoms with Crippen LogP contribution in [0.25, 0.3) is 0 Å². The van der Waals surface area contributed by atoms with Crippen molar-refractivity contribution in [2.24, 2.45) is 17.8 Å². The molecule has 0 amide bonds. The first-order valence-corrected chi connectivity index (χ1v) is 6.74. The Balaban J connectivity index is -0.000000258. The van der Waals surface area contributed by atoms with E-state index in [0.717, 1.165) is 17.8 Å². The molecule has 4 unspecified atom stereocenters. The SMILES string of the molecule is CC.CC.CCC(C)C1CCC(C)C1.P. The highest BCUT2D eigenvalue weighted by molar-refractivity contribution is 6.92. The molecule has 0 aromatic carbocycles. The molecule has 15 heavy (non-hydrogen) atoms. The molecule has 0 aliphatic heterocycles. The summed E-state index contributed by atoms with van der Waals surface area (Å²) in [4.78, 5) is 0. The van der Waals surface area contributed by atoms with Gasteiger partial charge in [0, 0.05) is 0 Å². The highest BCUT2D eigenvalue weighted by atomic mass is 31.0. The first-order chi connectivity index (χ1) is 6.74. The zero-order chi connectivity index (χ0) is 11.6.